The third-order valence-corrected chi connectivity index (χ3v) is 5.70. The summed E-state index contributed by atoms with van der Waals surface area (Å²) in [6.45, 7) is 6.04. The van der Waals surface area contributed by atoms with Crippen molar-refractivity contribution in [2.75, 3.05) is 10.2 Å². The van der Waals surface area contributed by atoms with E-state index in [1.165, 1.54) is 10.5 Å². The van der Waals surface area contributed by atoms with Gasteiger partial charge in [0.15, 0.2) is 0 Å². The number of hydrogen-bond donors (Lipinski definition) is 1. The van der Waals surface area contributed by atoms with Gasteiger partial charge in [0.1, 0.15) is 5.70 Å². The number of hydrogen-bond acceptors (Lipinski definition) is 3. The van der Waals surface area contributed by atoms with Gasteiger partial charge in [0.05, 0.1) is 11.3 Å². The smallest absolute Gasteiger partial charge is 0.282 e. The van der Waals surface area contributed by atoms with Crippen molar-refractivity contribution < 1.29 is 9.59 Å². The molecule has 156 valence electrons. The fourth-order valence-electron chi connectivity index (χ4n) is 3.78. The molecule has 4 rings (SSSR count). The average molecular weight is 431 g/mol. The van der Waals surface area contributed by atoms with Crippen LogP contribution in [0.3, 0.4) is 0 Å². The topological polar surface area (TPSA) is 49.4 Å². The van der Waals surface area contributed by atoms with Crippen molar-refractivity contribution in [3.8, 4) is 0 Å². The SMILES string of the molecule is CCc1ccc(NC2=C(c3ccc(C)cc3C)C(=O)N(c3ccc(Cl)cc3)C2=O)cc1. The zero-order valence-corrected chi connectivity index (χ0v) is 18.5. The highest BCUT2D eigenvalue weighted by atomic mass is 35.5. The zero-order chi connectivity index (χ0) is 22.1. The Morgan fingerprint density at radius 2 is 1.55 bits per heavy atom. The number of anilines is 2. The summed E-state index contributed by atoms with van der Waals surface area (Å²) in [5.74, 6) is -0.742. The Morgan fingerprint density at radius 3 is 2.16 bits per heavy atom. The molecule has 1 aliphatic rings. The highest BCUT2D eigenvalue weighted by Gasteiger charge is 2.40. The molecule has 0 bridgehead atoms. The molecular formula is C26H23ClN2O2. The molecule has 0 fully saturated rings. The number of imide groups is 1. The molecular weight excluding hydrogens is 408 g/mol. The maximum absolute atomic E-state index is 13.5. The van der Waals surface area contributed by atoms with Gasteiger partial charge in [-0.25, -0.2) is 4.90 Å². The predicted octanol–water partition coefficient (Wildman–Crippen LogP) is 5.92. The lowest BCUT2D eigenvalue weighted by Crippen LogP contribution is -2.32. The zero-order valence-electron chi connectivity index (χ0n) is 17.7. The first-order valence-electron chi connectivity index (χ1n) is 10.2. The first kappa shape index (κ1) is 20.9. The van der Waals surface area contributed by atoms with Crippen LogP contribution in [0.25, 0.3) is 5.57 Å². The number of amides is 2. The summed E-state index contributed by atoms with van der Waals surface area (Å²) in [6.07, 6.45) is 0.929. The first-order valence-corrected chi connectivity index (χ1v) is 10.6. The van der Waals surface area contributed by atoms with E-state index >= 15 is 0 Å². The highest BCUT2D eigenvalue weighted by Crippen LogP contribution is 2.35. The van der Waals surface area contributed by atoms with Crippen LogP contribution in [0, 0.1) is 13.8 Å². The molecule has 31 heavy (non-hydrogen) atoms. The molecule has 2 amide bonds. The van der Waals surface area contributed by atoms with Gasteiger partial charge < -0.3 is 5.32 Å². The Kier molecular flexibility index (Phi) is 5.66. The van der Waals surface area contributed by atoms with Crippen molar-refractivity contribution in [1.29, 1.82) is 0 Å². The molecule has 0 atom stereocenters. The van der Waals surface area contributed by atoms with Crippen LogP contribution in [0.1, 0.15) is 29.2 Å². The Hall–Kier alpha value is -3.37. The van der Waals surface area contributed by atoms with Crippen LogP contribution in [0.2, 0.25) is 5.02 Å². The highest BCUT2D eigenvalue weighted by molar-refractivity contribution is 6.46. The second kappa shape index (κ2) is 8.40. The van der Waals surface area contributed by atoms with Gasteiger partial charge in [-0.2, -0.15) is 0 Å². The number of aryl methyl sites for hydroxylation is 3. The van der Waals surface area contributed by atoms with Crippen molar-refractivity contribution in [2.24, 2.45) is 0 Å². The summed E-state index contributed by atoms with van der Waals surface area (Å²) >= 11 is 6.00. The van der Waals surface area contributed by atoms with E-state index in [0.29, 0.717) is 16.3 Å². The van der Waals surface area contributed by atoms with Gasteiger partial charge in [0.25, 0.3) is 11.8 Å². The van der Waals surface area contributed by atoms with E-state index in [9.17, 15) is 9.59 Å². The lowest BCUT2D eigenvalue weighted by Gasteiger charge is -2.15. The summed E-state index contributed by atoms with van der Waals surface area (Å²) in [5.41, 5.74) is 5.87. The summed E-state index contributed by atoms with van der Waals surface area (Å²) in [7, 11) is 0. The van der Waals surface area contributed by atoms with Gasteiger partial charge in [0.2, 0.25) is 0 Å². The summed E-state index contributed by atoms with van der Waals surface area (Å²) in [6, 6.07) is 20.4. The maximum Gasteiger partial charge on any atom is 0.282 e. The van der Waals surface area contributed by atoms with Crippen molar-refractivity contribution in [2.45, 2.75) is 27.2 Å². The van der Waals surface area contributed by atoms with Crippen LogP contribution in [0.4, 0.5) is 11.4 Å². The van der Waals surface area contributed by atoms with Gasteiger partial charge in [0, 0.05) is 10.7 Å². The second-order valence-electron chi connectivity index (χ2n) is 7.67. The molecule has 0 radical (unpaired) electrons. The molecule has 0 saturated carbocycles. The fourth-order valence-corrected chi connectivity index (χ4v) is 3.91. The van der Waals surface area contributed by atoms with Gasteiger partial charge in [-0.1, -0.05) is 54.4 Å². The predicted molar refractivity (Wildman–Crippen MR) is 126 cm³/mol. The molecule has 3 aromatic carbocycles. The van der Waals surface area contributed by atoms with Crippen molar-refractivity contribution in [3.05, 3.63) is 99.7 Å². The summed E-state index contributed by atoms with van der Waals surface area (Å²) in [4.78, 5) is 28.2. The number of carbonyl (C=O) groups is 2. The average Bonchev–Trinajstić information content (AvgIpc) is 2.99. The standard InChI is InChI=1S/C26H23ClN2O2/c1-4-18-6-10-20(11-7-18)28-24-23(22-14-5-16(2)15-17(22)3)25(30)29(26(24)31)21-12-8-19(27)9-13-21/h5-15,28H,4H2,1-3H3. The number of halogens is 1. The van der Waals surface area contributed by atoms with E-state index < -0.39 is 0 Å². The third-order valence-electron chi connectivity index (χ3n) is 5.45. The lowest BCUT2D eigenvalue weighted by atomic mass is 9.97. The van der Waals surface area contributed by atoms with E-state index in [1.54, 1.807) is 24.3 Å². The molecule has 0 spiro atoms. The Bertz CT molecular complexity index is 1200. The fraction of sp³-hybridized carbons (Fsp3) is 0.154. The maximum atomic E-state index is 13.5. The quantitative estimate of drug-likeness (QED) is 0.511. The van der Waals surface area contributed by atoms with Crippen LogP contribution in [0.15, 0.2) is 72.4 Å². The molecule has 0 aliphatic carbocycles. The van der Waals surface area contributed by atoms with Crippen LogP contribution in [-0.4, -0.2) is 11.8 Å². The van der Waals surface area contributed by atoms with Crippen LogP contribution in [0.5, 0.6) is 0 Å². The van der Waals surface area contributed by atoms with Crippen LogP contribution in [-0.2, 0) is 16.0 Å². The van der Waals surface area contributed by atoms with Crippen molar-refractivity contribution >= 4 is 40.4 Å². The number of nitrogens with one attached hydrogen (secondary N) is 1. The van der Waals surface area contributed by atoms with E-state index in [-0.39, 0.29) is 17.5 Å². The van der Waals surface area contributed by atoms with Crippen LogP contribution >= 0.6 is 11.6 Å². The second-order valence-corrected chi connectivity index (χ2v) is 8.10. The van der Waals surface area contributed by atoms with Gasteiger partial charge in [-0.3, -0.25) is 9.59 Å². The first-order chi connectivity index (χ1) is 14.9. The Balaban J connectivity index is 1.82. The van der Waals surface area contributed by atoms with Gasteiger partial charge in [-0.15, -0.1) is 0 Å². The van der Waals surface area contributed by atoms with Crippen LogP contribution < -0.4 is 10.2 Å². The normalized spacial score (nSPS) is 13.9. The van der Waals surface area contributed by atoms with Gasteiger partial charge in [-0.05, 0) is 73.4 Å². The molecule has 1 aliphatic heterocycles. The van der Waals surface area contributed by atoms with E-state index in [4.69, 9.17) is 11.6 Å². The lowest BCUT2D eigenvalue weighted by molar-refractivity contribution is -0.120. The minimum absolute atomic E-state index is 0.274. The van der Waals surface area contributed by atoms with Crippen molar-refractivity contribution in [1.82, 2.24) is 0 Å². The molecule has 1 N–H and O–H groups in total. The third kappa shape index (κ3) is 3.99. The number of rotatable bonds is 5. The Morgan fingerprint density at radius 1 is 0.871 bits per heavy atom. The van der Waals surface area contributed by atoms with E-state index in [1.807, 2.05) is 56.3 Å². The monoisotopic (exact) mass is 430 g/mol. The number of benzene rings is 3. The van der Waals surface area contributed by atoms with Crippen molar-refractivity contribution in [3.63, 3.8) is 0 Å². The molecule has 5 heteroatoms. The largest absolute Gasteiger partial charge is 0.350 e. The number of nitrogens with zero attached hydrogens (tertiary/aromatic N) is 1. The minimum atomic E-state index is -0.387. The van der Waals surface area contributed by atoms with Gasteiger partial charge >= 0.3 is 0 Å². The van der Waals surface area contributed by atoms with E-state index in [0.717, 1.165) is 28.8 Å². The Labute approximate surface area is 187 Å². The molecule has 0 unspecified atom stereocenters. The number of carbonyl (C=O) groups excluding carboxylic acids is 2. The molecule has 3 aromatic rings. The minimum Gasteiger partial charge on any atom is -0.350 e. The molecule has 1 heterocycles. The molecule has 4 nitrogen and oxygen atoms in total. The molecule has 0 aromatic heterocycles. The summed E-state index contributed by atoms with van der Waals surface area (Å²) in [5, 5.41) is 3.76. The molecule has 0 saturated heterocycles. The summed E-state index contributed by atoms with van der Waals surface area (Å²) < 4.78 is 0. The van der Waals surface area contributed by atoms with E-state index in [2.05, 4.69) is 12.2 Å².